The van der Waals surface area contributed by atoms with Crippen molar-refractivity contribution < 1.29 is 19.5 Å². The maximum absolute atomic E-state index is 12.6. The number of carbonyl (C=O) groups is 3. The Morgan fingerprint density at radius 3 is 2.12 bits per heavy atom. The molecule has 0 heterocycles. The average Bonchev–Trinajstić information content (AvgIpc) is 2.56. The van der Waals surface area contributed by atoms with Crippen LogP contribution < -0.4 is 22.1 Å². The summed E-state index contributed by atoms with van der Waals surface area (Å²) >= 11 is 0. The van der Waals surface area contributed by atoms with Gasteiger partial charge in [0, 0.05) is 0 Å². The Morgan fingerprint density at radius 2 is 1.65 bits per heavy atom. The normalized spacial score (nSPS) is 15.8. The molecule has 8 heteroatoms. The van der Waals surface area contributed by atoms with Gasteiger partial charge in [-0.25, -0.2) is 4.79 Å². The summed E-state index contributed by atoms with van der Waals surface area (Å²) in [4.78, 5) is 36.3. The topological polar surface area (TPSA) is 148 Å². The molecule has 0 aliphatic heterocycles. The van der Waals surface area contributed by atoms with Crippen molar-refractivity contribution >= 4 is 17.8 Å². The second-order valence-electron chi connectivity index (χ2n) is 7.29. The molecule has 2 amide bonds. The van der Waals surface area contributed by atoms with Crippen LogP contribution in [0.2, 0.25) is 0 Å². The monoisotopic (exact) mass is 372 g/mol. The third-order valence-electron chi connectivity index (χ3n) is 4.42. The number of carboxylic acids is 1. The fraction of sp³-hybridized carbons (Fsp3) is 0.833. The van der Waals surface area contributed by atoms with Crippen molar-refractivity contribution in [1.82, 2.24) is 10.6 Å². The van der Waals surface area contributed by atoms with Crippen LogP contribution in [0.25, 0.3) is 0 Å². The minimum atomic E-state index is -1.09. The number of carboxylic acid groups (broad SMARTS) is 1. The van der Waals surface area contributed by atoms with Gasteiger partial charge in [-0.3, -0.25) is 9.59 Å². The van der Waals surface area contributed by atoms with Crippen molar-refractivity contribution in [2.24, 2.45) is 23.3 Å². The molecule has 4 atom stereocenters. The lowest BCUT2D eigenvalue weighted by Crippen LogP contribution is -2.55. The van der Waals surface area contributed by atoms with E-state index in [1.54, 1.807) is 6.92 Å². The second kappa shape index (κ2) is 12.6. The molecule has 7 N–H and O–H groups in total. The average molecular weight is 373 g/mol. The zero-order valence-corrected chi connectivity index (χ0v) is 16.5. The van der Waals surface area contributed by atoms with Gasteiger partial charge in [-0.15, -0.1) is 0 Å². The molecular weight excluding hydrogens is 336 g/mol. The van der Waals surface area contributed by atoms with Gasteiger partial charge in [-0.2, -0.15) is 0 Å². The van der Waals surface area contributed by atoms with Gasteiger partial charge in [0.15, 0.2) is 0 Å². The van der Waals surface area contributed by atoms with Gasteiger partial charge in [0.1, 0.15) is 12.1 Å². The number of aliphatic carboxylic acids is 1. The summed E-state index contributed by atoms with van der Waals surface area (Å²) in [7, 11) is 0. The number of nitrogens with two attached hydrogens (primary N) is 2. The summed E-state index contributed by atoms with van der Waals surface area (Å²) in [6, 6.07) is -2.52. The Bertz CT molecular complexity index is 456. The van der Waals surface area contributed by atoms with Gasteiger partial charge in [0.2, 0.25) is 11.8 Å². The van der Waals surface area contributed by atoms with E-state index in [4.69, 9.17) is 11.5 Å². The van der Waals surface area contributed by atoms with Crippen LogP contribution in [0.1, 0.15) is 59.8 Å². The van der Waals surface area contributed by atoms with Crippen LogP contribution in [0.5, 0.6) is 0 Å². The molecule has 0 radical (unpaired) electrons. The quantitative estimate of drug-likeness (QED) is 0.299. The highest BCUT2D eigenvalue weighted by molar-refractivity contribution is 5.91. The zero-order chi connectivity index (χ0) is 20.3. The number of carbonyl (C=O) groups excluding carboxylic acids is 2. The third kappa shape index (κ3) is 9.15. The molecule has 0 aliphatic rings. The Balaban J connectivity index is 5.06. The number of unbranched alkanes of at least 4 members (excludes halogenated alkanes) is 1. The van der Waals surface area contributed by atoms with E-state index in [1.165, 1.54) is 0 Å². The van der Waals surface area contributed by atoms with E-state index in [0.717, 1.165) is 0 Å². The highest BCUT2D eigenvalue weighted by atomic mass is 16.4. The summed E-state index contributed by atoms with van der Waals surface area (Å²) in [5.41, 5.74) is 11.4. The van der Waals surface area contributed by atoms with Crippen LogP contribution in [-0.2, 0) is 14.4 Å². The van der Waals surface area contributed by atoms with Crippen molar-refractivity contribution in [2.75, 3.05) is 6.54 Å². The maximum atomic E-state index is 12.6. The fourth-order valence-corrected chi connectivity index (χ4v) is 2.59. The lowest BCUT2D eigenvalue weighted by Gasteiger charge is -2.25. The van der Waals surface area contributed by atoms with Crippen molar-refractivity contribution in [3.8, 4) is 0 Å². The van der Waals surface area contributed by atoms with Crippen LogP contribution in [0.3, 0.4) is 0 Å². The summed E-state index contributed by atoms with van der Waals surface area (Å²) in [5, 5.41) is 14.6. The predicted octanol–water partition coefficient (Wildman–Crippen LogP) is 0.589. The lowest BCUT2D eigenvalue weighted by molar-refractivity contribution is -0.143. The first-order chi connectivity index (χ1) is 12.1. The number of rotatable bonds is 13. The van der Waals surface area contributed by atoms with E-state index >= 15 is 0 Å². The molecule has 0 aromatic heterocycles. The first kappa shape index (κ1) is 24.3. The van der Waals surface area contributed by atoms with Crippen LogP contribution in [-0.4, -0.2) is 47.6 Å². The largest absolute Gasteiger partial charge is 0.480 e. The standard InChI is InChI=1S/C18H36N4O4/c1-5-12(4)15(18(25)26)22-17(24)14(8-6-7-9-19)21-16(23)13(20)10-11(2)3/h11-15H,5-10,19-20H2,1-4H3,(H,21,23)(H,22,24)(H,25,26). The van der Waals surface area contributed by atoms with Crippen molar-refractivity contribution in [3.63, 3.8) is 0 Å². The molecule has 26 heavy (non-hydrogen) atoms. The molecule has 152 valence electrons. The lowest BCUT2D eigenvalue weighted by atomic mass is 9.98. The van der Waals surface area contributed by atoms with E-state index < -0.39 is 35.9 Å². The fourth-order valence-electron chi connectivity index (χ4n) is 2.59. The van der Waals surface area contributed by atoms with Gasteiger partial charge in [0.25, 0.3) is 0 Å². The minimum absolute atomic E-state index is 0.222. The minimum Gasteiger partial charge on any atom is -0.480 e. The molecule has 0 aromatic carbocycles. The molecule has 0 aromatic rings. The van der Waals surface area contributed by atoms with E-state index in [2.05, 4.69) is 10.6 Å². The van der Waals surface area contributed by atoms with Crippen molar-refractivity contribution in [3.05, 3.63) is 0 Å². The molecule has 0 bridgehead atoms. The van der Waals surface area contributed by atoms with Gasteiger partial charge >= 0.3 is 5.97 Å². The predicted molar refractivity (Wildman–Crippen MR) is 101 cm³/mol. The number of hydrogen-bond donors (Lipinski definition) is 5. The number of hydrogen-bond acceptors (Lipinski definition) is 5. The van der Waals surface area contributed by atoms with Crippen molar-refractivity contribution in [1.29, 1.82) is 0 Å². The molecule has 0 saturated heterocycles. The molecule has 0 spiro atoms. The van der Waals surface area contributed by atoms with Gasteiger partial charge in [0.05, 0.1) is 6.04 Å². The molecule has 4 unspecified atom stereocenters. The van der Waals surface area contributed by atoms with Gasteiger partial charge < -0.3 is 27.2 Å². The highest BCUT2D eigenvalue weighted by Gasteiger charge is 2.30. The summed E-state index contributed by atoms with van der Waals surface area (Å²) in [6.45, 7) is 8.03. The number of amides is 2. The number of nitrogens with one attached hydrogen (secondary N) is 2. The van der Waals surface area contributed by atoms with E-state index in [-0.39, 0.29) is 11.8 Å². The summed E-state index contributed by atoms with van der Waals surface area (Å²) in [5.74, 6) is -1.96. The highest BCUT2D eigenvalue weighted by Crippen LogP contribution is 2.10. The van der Waals surface area contributed by atoms with Gasteiger partial charge in [-0.1, -0.05) is 34.1 Å². The Hall–Kier alpha value is -1.67. The van der Waals surface area contributed by atoms with E-state index in [9.17, 15) is 19.5 Å². The first-order valence-electron chi connectivity index (χ1n) is 9.43. The zero-order valence-electron chi connectivity index (χ0n) is 16.5. The Labute approximate surface area is 156 Å². The van der Waals surface area contributed by atoms with Crippen LogP contribution in [0.4, 0.5) is 0 Å². The Morgan fingerprint density at radius 1 is 1.04 bits per heavy atom. The molecule has 0 aliphatic carbocycles. The van der Waals surface area contributed by atoms with Crippen molar-refractivity contribution in [2.45, 2.75) is 77.9 Å². The molecule has 0 rings (SSSR count). The second-order valence-corrected chi connectivity index (χ2v) is 7.29. The van der Waals surface area contributed by atoms with E-state index in [0.29, 0.717) is 38.6 Å². The van der Waals surface area contributed by atoms with Gasteiger partial charge in [-0.05, 0) is 44.1 Å². The third-order valence-corrected chi connectivity index (χ3v) is 4.42. The molecule has 8 nitrogen and oxygen atoms in total. The smallest absolute Gasteiger partial charge is 0.326 e. The Kier molecular flexibility index (Phi) is 11.8. The van der Waals surface area contributed by atoms with Crippen LogP contribution in [0, 0.1) is 11.8 Å². The summed E-state index contributed by atoms with van der Waals surface area (Å²) < 4.78 is 0. The molecule has 0 saturated carbocycles. The van der Waals surface area contributed by atoms with Crippen LogP contribution >= 0.6 is 0 Å². The van der Waals surface area contributed by atoms with E-state index in [1.807, 2.05) is 20.8 Å². The first-order valence-corrected chi connectivity index (χ1v) is 9.43. The maximum Gasteiger partial charge on any atom is 0.326 e. The SMILES string of the molecule is CCC(C)C(NC(=O)C(CCCCN)NC(=O)C(N)CC(C)C)C(=O)O. The molecule has 0 fully saturated rings. The molecular formula is C18H36N4O4. The summed E-state index contributed by atoms with van der Waals surface area (Å²) in [6.07, 6.45) is 2.87. The van der Waals surface area contributed by atoms with Crippen LogP contribution in [0.15, 0.2) is 0 Å².